The molecule has 2 heterocycles. The highest BCUT2D eigenvalue weighted by Crippen LogP contribution is 2.43. The number of carboxylic acids is 1. The molecule has 1 aliphatic carbocycles. The average Bonchev–Trinajstić information content (AvgIpc) is 3.20. The van der Waals surface area contributed by atoms with E-state index in [4.69, 9.17) is 14.8 Å². The average molecular weight is 296 g/mol. The summed E-state index contributed by atoms with van der Waals surface area (Å²) in [5.41, 5.74) is 1.18. The number of ether oxygens (including phenoxy) is 1. The van der Waals surface area contributed by atoms with Crippen LogP contribution in [0.25, 0.3) is 0 Å². The molecule has 5 nitrogen and oxygen atoms in total. The van der Waals surface area contributed by atoms with Gasteiger partial charge in [0.25, 0.3) is 0 Å². The van der Waals surface area contributed by atoms with Crippen molar-refractivity contribution in [1.82, 2.24) is 9.88 Å². The van der Waals surface area contributed by atoms with E-state index in [1.807, 2.05) is 0 Å². The van der Waals surface area contributed by atoms with E-state index >= 15 is 0 Å². The predicted molar refractivity (Wildman–Crippen MR) is 76.1 cm³/mol. The standard InChI is InChI=1S/C14H20N2O3S/c17-13(18)4-3-11-14(10-1-2-10)15-12(20-11)9-16-5-7-19-8-6-16/h10H,1-9H2,(H,17,18). The third-order valence-corrected chi connectivity index (χ3v) is 4.88. The van der Waals surface area contributed by atoms with Crippen LogP contribution in [0.4, 0.5) is 0 Å². The van der Waals surface area contributed by atoms with Crippen LogP contribution in [0.3, 0.4) is 0 Å². The molecule has 3 rings (SSSR count). The minimum atomic E-state index is -0.727. The van der Waals surface area contributed by atoms with E-state index in [2.05, 4.69) is 4.90 Å². The van der Waals surface area contributed by atoms with E-state index in [0.717, 1.165) is 37.9 Å². The van der Waals surface area contributed by atoms with Gasteiger partial charge in [-0.05, 0) is 19.3 Å². The fourth-order valence-corrected chi connectivity index (χ4v) is 3.70. The number of morpholine rings is 1. The molecule has 1 aliphatic heterocycles. The number of hydrogen-bond donors (Lipinski definition) is 1. The summed E-state index contributed by atoms with van der Waals surface area (Å²) in [6.07, 6.45) is 3.25. The summed E-state index contributed by atoms with van der Waals surface area (Å²) in [5.74, 6) is -0.136. The molecule has 1 saturated heterocycles. The molecule has 0 spiro atoms. The smallest absolute Gasteiger partial charge is 0.303 e. The van der Waals surface area contributed by atoms with Gasteiger partial charge in [0.2, 0.25) is 0 Å². The molecular weight excluding hydrogens is 276 g/mol. The minimum absolute atomic E-state index is 0.207. The zero-order valence-electron chi connectivity index (χ0n) is 11.5. The van der Waals surface area contributed by atoms with Crippen molar-refractivity contribution >= 4 is 17.3 Å². The highest BCUT2D eigenvalue weighted by molar-refractivity contribution is 7.11. The van der Waals surface area contributed by atoms with E-state index in [-0.39, 0.29) is 6.42 Å². The predicted octanol–water partition coefficient (Wildman–Crippen LogP) is 1.87. The first-order valence-electron chi connectivity index (χ1n) is 7.23. The summed E-state index contributed by atoms with van der Waals surface area (Å²) in [7, 11) is 0. The Balaban J connectivity index is 1.67. The number of carboxylic acid groups (broad SMARTS) is 1. The lowest BCUT2D eigenvalue weighted by Crippen LogP contribution is -2.35. The Morgan fingerprint density at radius 2 is 2.15 bits per heavy atom. The van der Waals surface area contributed by atoms with Crippen LogP contribution in [0.1, 0.15) is 40.8 Å². The number of hydrogen-bond acceptors (Lipinski definition) is 5. The summed E-state index contributed by atoms with van der Waals surface area (Å²) < 4.78 is 5.36. The van der Waals surface area contributed by atoms with Crippen molar-refractivity contribution in [3.63, 3.8) is 0 Å². The number of aliphatic carboxylic acids is 1. The Morgan fingerprint density at radius 3 is 2.80 bits per heavy atom. The Bertz CT molecular complexity index is 479. The van der Waals surface area contributed by atoms with Gasteiger partial charge in [-0.2, -0.15) is 0 Å². The molecule has 0 unspecified atom stereocenters. The first-order valence-corrected chi connectivity index (χ1v) is 8.04. The van der Waals surface area contributed by atoms with E-state index in [0.29, 0.717) is 12.3 Å². The normalized spacial score (nSPS) is 20.2. The van der Waals surface area contributed by atoms with Crippen molar-refractivity contribution in [2.45, 2.75) is 38.1 Å². The summed E-state index contributed by atoms with van der Waals surface area (Å²) in [6, 6.07) is 0. The number of aryl methyl sites for hydroxylation is 1. The molecule has 1 aromatic rings. The first kappa shape index (κ1) is 14.0. The van der Waals surface area contributed by atoms with Crippen LogP contribution in [-0.2, 0) is 22.5 Å². The number of aromatic nitrogens is 1. The van der Waals surface area contributed by atoms with Crippen LogP contribution in [0.5, 0.6) is 0 Å². The molecule has 1 aromatic heterocycles. The maximum Gasteiger partial charge on any atom is 0.303 e. The zero-order chi connectivity index (χ0) is 13.9. The van der Waals surface area contributed by atoms with Gasteiger partial charge >= 0.3 is 5.97 Å². The lowest BCUT2D eigenvalue weighted by Gasteiger charge is -2.25. The molecular formula is C14H20N2O3S. The van der Waals surface area contributed by atoms with Crippen molar-refractivity contribution in [2.24, 2.45) is 0 Å². The SMILES string of the molecule is O=C(O)CCc1sc(CN2CCOCC2)nc1C1CC1. The largest absolute Gasteiger partial charge is 0.481 e. The van der Waals surface area contributed by atoms with Crippen molar-refractivity contribution < 1.29 is 14.6 Å². The van der Waals surface area contributed by atoms with E-state index in [9.17, 15) is 4.79 Å². The Labute approximate surface area is 122 Å². The second-order valence-electron chi connectivity index (χ2n) is 5.47. The Morgan fingerprint density at radius 1 is 1.40 bits per heavy atom. The van der Waals surface area contributed by atoms with Gasteiger partial charge in [-0.1, -0.05) is 0 Å². The summed E-state index contributed by atoms with van der Waals surface area (Å²) in [4.78, 5) is 19.1. The maximum absolute atomic E-state index is 10.8. The molecule has 0 aromatic carbocycles. The summed E-state index contributed by atoms with van der Waals surface area (Å²) in [6.45, 7) is 4.39. The van der Waals surface area contributed by atoms with Crippen LogP contribution in [-0.4, -0.2) is 47.3 Å². The fraction of sp³-hybridized carbons (Fsp3) is 0.714. The first-order chi connectivity index (χ1) is 9.72. The second-order valence-corrected chi connectivity index (χ2v) is 6.64. The lowest BCUT2D eigenvalue weighted by molar-refractivity contribution is -0.136. The van der Waals surface area contributed by atoms with Crippen LogP contribution >= 0.6 is 11.3 Å². The maximum atomic E-state index is 10.8. The Kier molecular flexibility index (Phi) is 4.33. The molecule has 1 saturated carbocycles. The second kappa shape index (κ2) is 6.20. The lowest BCUT2D eigenvalue weighted by atomic mass is 10.2. The fourth-order valence-electron chi connectivity index (χ4n) is 2.51. The molecule has 2 fully saturated rings. The number of nitrogens with zero attached hydrogens (tertiary/aromatic N) is 2. The summed E-state index contributed by atoms with van der Waals surface area (Å²) >= 11 is 1.71. The van der Waals surface area contributed by atoms with Crippen LogP contribution in [0, 0.1) is 0 Å². The highest BCUT2D eigenvalue weighted by Gasteiger charge is 2.30. The van der Waals surface area contributed by atoms with Gasteiger partial charge in [-0.25, -0.2) is 4.98 Å². The molecule has 2 aliphatic rings. The third-order valence-electron chi connectivity index (χ3n) is 3.76. The van der Waals surface area contributed by atoms with Gasteiger partial charge in [0.1, 0.15) is 5.01 Å². The summed E-state index contributed by atoms with van der Waals surface area (Å²) in [5, 5.41) is 9.98. The van der Waals surface area contributed by atoms with Crippen LogP contribution < -0.4 is 0 Å². The van der Waals surface area contributed by atoms with E-state index < -0.39 is 5.97 Å². The minimum Gasteiger partial charge on any atom is -0.481 e. The quantitative estimate of drug-likeness (QED) is 0.868. The van der Waals surface area contributed by atoms with Gasteiger partial charge in [0, 0.05) is 23.9 Å². The molecule has 20 heavy (non-hydrogen) atoms. The third kappa shape index (κ3) is 3.56. The van der Waals surface area contributed by atoms with E-state index in [1.165, 1.54) is 23.4 Å². The topological polar surface area (TPSA) is 62.7 Å². The monoisotopic (exact) mass is 296 g/mol. The van der Waals surface area contributed by atoms with Gasteiger partial charge in [0.05, 0.1) is 31.9 Å². The number of carbonyl (C=O) groups is 1. The molecule has 0 radical (unpaired) electrons. The highest BCUT2D eigenvalue weighted by atomic mass is 32.1. The molecule has 110 valence electrons. The van der Waals surface area contributed by atoms with Gasteiger partial charge in [0.15, 0.2) is 0 Å². The van der Waals surface area contributed by atoms with Crippen LogP contribution in [0.15, 0.2) is 0 Å². The van der Waals surface area contributed by atoms with Gasteiger partial charge in [-0.3, -0.25) is 9.69 Å². The van der Waals surface area contributed by atoms with Crippen molar-refractivity contribution in [2.75, 3.05) is 26.3 Å². The molecule has 1 N–H and O–H groups in total. The number of thiazole rings is 1. The Hall–Kier alpha value is -0.980. The van der Waals surface area contributed by atoms with E-state index in [1.54, 1.807) is 11.3 Å². The zero-order valence-corrected chi connectivity index (χ0v) is 12.3. The van der Waals surface area contributed by atoms with Crippen molar-refractivity contribution in [1.29, 1.82) is 0 Å². The molecule has 6 heteroatoms. The number of rotatable bonds is 6. The molecule has 0 amide bonds. The van der Waals surface area contributed by atoms with Gasteiger partial charge < -0.3 is 9.84 Å². The van der Waals surface area contributed by atoms with Crippen LogP contribution in [0.2, 0.25) is 0 Å². The van der Waals surface area contributed by atoms with Crippen molar-refractivity contribution in [3.05, 3.63) is 15.6 Å². The van der Waals surface area contributed by atoms with Gasteiger partial charge in [-0.15, -0.1) is 11.3 Å². The molecule has 0 atom stereocenters. The van der Waals surface area contributed by atoms with Crippen molar-refractivity contribution in [3.8, 4) is 0 Å². The molecule has 0 bridgehead atoms.